The Morgan fingerprint density at radius 2 is 2.06 bits per heavy atom. The number of halogens is 1. The lowest BCUT2D eigenvalue weighted by molar-refractivity contribution is -0.143. The maximum absolute atomic E-state index is 11.6. The number of imidazole rings is 1. The van der Waals surface area contributed by atoms with Gasteiger partial charge in [0.15, 0.2) is 0 Å². The fraction of sp³-hybridized carbons (Fsp3) is 0.231. The normalized spacial score (nSPS) is 12.2. The highest BCUT2D eigenvalue weighted by Gasteiger charge is 2.18. The number of aromatic nitrogens is 2. The Morgan fingerprint density at radius 1 is 1.39 bits per heavy atom. The van der Waals surface area contributed by atoms with Crippen LogP contribution in [0.4, 0.5) is 0 Å². The van der Waals surface area contributed by atoms with Gasteiger partial charge in [-0.2, -0.15) is 0 Å². The zero-order chi connectivity index (χ0) is 13.1. The third kappa shape index (κ3) is 2.38. The summed E-state index contributed by atoms with van der Waals surface area (Å²) in [5.74, 6) is 0.410. The van der Waals surface area contributed by atoms with Gasteiger partial charge in [0.25, 0.3) is 0 Å². The molecule has 0 aliphatic heterocycles. The van der Waals surface area contributed by atoms with Crippen LogP contribution >= 0.6 is 11.6 Å². The first kappa shape index (κ1) is 12.6. The summed E-state index contributed by atoms with van der Waals surface area (Å²) in [5.41, 5.74) is 0.903. The first-order chi connectivity index (χ1) is 8.63. The lowest BCUT2D eigenvalue weighted by atomic mass is 10.2. The summed E-state index contributed by atoms with van der Waals surface area (Å²) in [7, 11) is 1.37. The van der Waals surface area contributed by atoms with Crippen LogP contribution < -0.4 is 0 Å². The molecular weight excluding hydrogens is 252 g/mol. The summed E-state index contributed by atoms with van der Waals surface area (Å²) >= 11 is 5.85. The van der Waals surface area contributed by atoms with Crippen molar-refractivity contribution < 1.29 is 9.53 Å². The monoisotopic (exact) mass is 264 g/mol. The number of nitrogens with zero attached hydrogens (tertiary/aromatic N) is 2. The molecule has 1 heterocycles. The van der Waals surface area contributed by atoms with Crippen LogP contribution in [0.2, 0.25) is 5.02 Å². The van der Waals surface area contributed by atoms with E-state index >= 15 is 0 Å². The molecule has 1 unspecified atom stereocenters. The number of rotatable bonds is 3. The first-order valence-electron chi connectivity index (χ1n) is 5.50. The summed E-state index contributed by atoms with van der Waals surface area (Å²) in [5, 5.41) is 0.665. The van der Waals surface area contributed by atoms with Crippen LogP contribution in [0.3, 0.4) is 0 Å². The molecule has 1 aromatic heterocycles. The van der Waals surface area contributed by atoms with Crippen molar-refractivity contribution in [2.45, 2.75) is 13.0 Å². The van der Waals surface area contributed by atoms with Gasteiger partial charge >= 0.3 is 5.97 Å². The highest BCUT2D eigenvalue weighted by Crippen LogP contribution is 2.23. The number of carbonyl (C=O) groups excluding carboxylic acids is 1. The van der Waals surface area contributed by atoms with E-state index in [2.05, 4.69) is 4.98 Å². The third-order valence-corrected chi connectivity index (χ3v) is 2.98. The molecule has 0 bridgehead atoms. The summed E-state index contributed by atoms with van der Waals surface area (Å²) in [6.07, 6.45) is 3.41. The van der Waals surface area contributed by atoms with Crippen LogP contribution in [0, 0.1) is 0 Å². The van der Waals surface area contributed by atoms with Crippen LogP contribution in [0.1, 0.15) is 13.0 Å². The zero-order valence-corrected chi connectivity index (χ0v) is 10.9. The van der Waals surface area contributed by atoms with Crippen LogP contribution in [0.15, 0.2) is 36.7 Å². The standard InChI is InChI=1S/C13H13ClN2O2/c1-9(13(17)18-2)16-8-7-15-12(16)10-3-5-11(14)6-4-10/h3-9H,1-2H3. The highest BCUT2D eigenvalue weighted by molar-refractivity contribution is 6.30. The minimum Gasteiger partial charge on any atom is -0.467 e. The Hall–Kier alpha value is -1.81. The molecule has 2 aromatic rings. The van der Waals surface area contributed by atoms with Crippen molar-refractivity contribution in [3.8, 4) is 11.4 Å². The van der Waals surface area contributed by atoms with Crippen molar-refractivity contribution in [3.63, 3.8) is 0 Å². The van der Waals surface area contributed by atoms with Crippen LogP contribution in [0.25, 0.3) is 11.4 Å². The van der Waals surface area contributed by atoms with Crippen molar-refractivity contribution in [1.82, 2.24) is 9.55 Å². The average Bonchev–Trinajstić information content (AvgIpc) is 2.87. The Labute approximate surface area is 110 Å². The fourth-order valence-corrected chi connectivity index (χ4v) is 1.86. The molecule has 0 fully saturated rings. The van der Waals surface area contributed by atoms with Crippen molar-refractivity contribution in [2.24, 2.45) is 0 Å². The molecule has 2 rings (SSSR count). The summed E-state index contributed by atoms with van der Waals surface area (Å²) in [6.45, 7) is 1.77. The lowest BCUT2D eigenvalue weighted by Gasteiger charge is -2.14. The van der Waals surface area contributed by atoms with E-state index in [0.717, 1.165) is 5.56 Å². The minimum atomic E-state index is -0.414. The summed E-state index contributed by atoms with van der Waals surface area (Å²) in [6, 6.07) is 6.90. The van der Waals surface area contributed by atoms with Gasteiger partial charge in [-0.3, -0.25) is 0 Å². The van der Waals surface area contributed by atoms with E-state index in [-0.39, 0.29) is 5.97 Å². The average molecular weight is 265 g/mol. The Morgan fingerprint density at radius 3 is 2.67 bits per heavy atom. The first-order valence-corrected chi connectivity index (χ1v) is 5.88. The van der Waals surface area contributed by atoms with Gasteiger partial charge in [-0.05, 0) is 31.2 Å². The second kappa shape index (κ2) is 5.23. The van der Waals surface area contributed by atoms with Crippen molar-refractivity contribution in [1.29, 1.82) is 0 Å². The number of hydrogen-bond acceptors (Lipinski definition) is 3. The number of carbonyl (C=O) groups is 1. The van der Waals surface area contributed by atoms with E-state index in [1.807, 2.05) is 12.1 Å². The molecule has 1 atom stereocenters. The Balaban J connectivity index is 2.38. The van der Waals surface area contributed by atoms with Crippen molar-refractivity contribution in [3.05, 3.63) is 41.7 Å². The quantitative estimate of drug-likeness (QED) is 0.801. The van der Waals surface area contributed by atoms with E-state index in [4.69, 9.17) is 16.3 Å². The van der Waals surface area contributed by atoms with Gasteiger partial charge in [-0.15, -0.1) is 0 Å². The van der Waals surface area contributed by atoms with E-state index < -0.39 is 6.04 Å². The number of ether oxygens (including phenoxy) is 1. The molecule has 0 N–H and O–H groups in total. The van der Waals surface area contributed by atoms with E-state index in [0.29, 0.717) is 10.8 Å². The summed E-state index contributed by atoms with van der Waals surface area (Å²) in [4.78, 5) is 15.8. The molecule has 0 aliphatic carbocycles. The van der Waals surface area contributed by atoms with Gasteiger partial charge in [0.2, 0.25) is 0 Å². The van der Waals surface area contributed by atoms with Crippen LogP contribution in [-0.4, -0.2) is 22.6 Å². The van der Waals surface area contributed by atoms with Gasteiger partial charge in [0.1, 0.15) is 11.9 Å². The van der Waals surface area contributed by atoms with Crippen LogP contribution in [0.5, 0.6) is 0 Å². The van der Waals surface area contributed by atoms with Crippen molar-refractivity contribution in [2.75, 3.05) is 7.11 Å². The molecule has 0 radical (unpaired) electrons. The molecule has 0 aliphatic rings. The molecule has 94 valence electrons. The summed E-state index contributed by atoms with van der Waals surface area (Å²) < 4.78 is 6.51. The molecular formula is C13H13ClN2O2. The van der Waals surface area contributed by atoms with Crippen molar-refractivity contribution >= 4 is 17.6 Å². The molecule has 18 heavy (non-hydrogen) atoms. The molecule has 0 amide bonds. The van der Waals surface area contributed by atoms with Gasteiger partial charge in [-0.1, -0.05) is 11.6 Å². The smallest absolute Gasteiger partial charge is 0.328 e. The maximum atomic E-state index is 11.6. The van der Waals surface area contributed by atoms with Gasteiger partial charge < -0.3 is 9.30 Å². The lowest BCUT2D eigenvalue weighted by Crippen LogP contribution is -2.18. The predicted molar refractivity (Wildman–Crippen MR) is 69.4 cm³/mol. The molecule has 1 aromatic carbocycles. The van der Waals surface area contributed by atoms with E-state index in [1.165, 1.54) is 7.11 Å². The fourth-order valence-electron chi connectivity index (χ4n) is 1.73. The van der Waals surface area contributed by atoms with E-state index in [1.54, 1.807) is 36.0 Å². The number of esters is 1. The number of methoxy groups -OCH3 is 1. The Kier molecular flexibility index (Phi) is 3.67. The van der Waals surface area contributed by atoms with E-state index in [9.17, 15) is 4.79 Å². The number of hydrogen-bond donors (Lipinski definition) is 0. The SMILES string of the molecule is COC(=O)C(C)n1ccnc1-c1ccc(Cl)cc1. The second-order valence-corrected chi connectivity index (χ2v) is 4.30. The highest BCUT2D eigenvalue weighted by atomic mass is 35.5. The largest absolute Gasteiger partial charge is 0.467 e. The minimum absolute atomic E-state index is 0.303. The second-order valence-electron chi connectivity index (χ2n) is 3.86. The van der Waals surface area contributed by atoms with Gasteiger partial charge in [0.05, 0.1) is 7.11 Å². The van der Waals surface area contributed by atoms with Crippen LogP contribution in [-0.2, 0) is 9.53 Å². The molecule has 0 saturated heterocycles. The topological polar surface area (TPSA) is 44.1 Å². The zero-order valence-electron chi connectivity index (χ0n) is 10.1. The molecule has 0 spiro atoms. The predicted octanol–water partition coefficient (Wildman–Crippen LogP) is 2.94. The Bertz CT molecular complexity index is 548. The third-order valence-electron chi connectivity index (χ3n) is 2.73. The maximum Gasteiger partial charge on any atom is 0.328 e. The number of benzene rings is 1. The molecule has 4 nitrogen and oxygen atoms in total. The molecule has 0 saturated carbocycles. The van der Waals surface area contributed by atoms with Gasteiger partial charge in [0, 0.05) is 23.0 Å². The molecule has 5 heteroatoms. The van der Waals surface area contributed by atoms with Gasteiger partial charge in [-0.25, -0.2) is 9.78 Å².